The summed E-state index contributed by atoms with van der Waals surface area (Å²) in [5.41, 5.74) is 7.11. The van der Waals surface area contributed by atoms with E-state index in [1.807, 2.05) is 27.1 Å². The number of carbonyl (C=O) groups excluding carboxylic acids is 1. The number of amides is 1. The minimum atomic E-state index is -0.330. The number of rotatable bonds is 5. The summed E-state index contributed by atoms with van der Waals surface area (Å²) in [6, 6.07) is -0.320. The topological polar surface area (TPSA) is 72.9 Å². The van der Waals surface area contributed by atoms with E-state index in [1.165, 1.54) is 0 Å². The first kappa shape index (κ1) is 11.6. The first-order valence-corrected chi connectivity index (χ1v) is 5.16. The van der Waals surface area contributed by atoms with E-state index in [0.29, 0.717) is 6.42 Å². The molecule has 0 aliphatic heterocycles. The zero-order valence-corrected chi connectivity index (χ0v) is 9.45. The molecule has 1 aromatic heterocycles. The first-order valence-electron chi connectivity index (χ1n) is 5.16. The maximum atomic E-state index is 11.1. The zero-order chi connectivity index (χ0) is 11.4. The van der Waals surface area contributed by atoms with Crippen LogP contribution in [0.2, 0.25) is 0 Å². The average molecular weight is 210 g/mol. The standard InChI is InChI=1S/C10H18N4O/c1-4-7-9(6-14(3)13-7)12-8(5-2)10(11)15/h6,8,12H,4-5H2,1-3H3,(H2,11,15). The fraction of sp³-hybridized carbons (Fsp3) is 0.600. The highest BCUT2D eigenvalue weighted by Crippen LogP contribution is 2.15. The summed E-state index contributed by atoms with van der Waals surface area (Å²) in [6.07, 6.45) is 3.37. The Morgan fingerprint density at radius 2 is 2.33 bits per heavy atom. The molecule has 0 aliphatic rings. The molecule has 0 radical (unpaired) electrons. The van der Waals surface area contributed by atoms with E-state index < -0.39 is 0 Å². The minimum absolute atomic E-state index is 0.320. The van der Waals surface area contributed by atoms with Crippen LogP contribution in [0.4, 0.5) is 5.69 Å². The lowest BCUT2D eigenvalue weighted by Gasteiger charge is -2.13. The molecule has 3 N–H and O–H groups in total. The van der Waals surface area contributed by atoms with Crippen molar-refractivity contribution in [2.24, 2.45) is 12.8 Å². The SMILES string of the molecule is CCc1nn(C)cc1NC(CC)C(N)=O. The van der Waals surface area contributed by atoms with Crippen molar-refractivity contribution in [1.29, 1.82) is 0 Å². The lowest BCUT2D eigenvalue weighted by Crippen LogP contribution is -2.34. The minimum Gasteiger partial charge on any atom is -0.371 e. The molecule has 0 spiro atoms. The maximum Gasteiger partial charge on any atom is 0.239 e. The van der Waals surface area contributed by atoms with Gasteiger partial charge in [0.2, 0.25) is 5.91 Å². The van der Waals surface area contributed by atoms with Gasteiger partial charge in [-0.2, -0.15) is 5.10 Å². The van der Waals surface area contributed by atoms with Crippen LogP contribution in [0.3, 0.4) is 0 Å². The second-order valence-corrected chi connectivity index (χ2v) is 3.52. The van der Waals surface area contributed by atoms with E-state index in [9.17, 15) is 4.79 Å². The molecule has 15 heavy (non-hydrogen) atoms. The number of anilines is 1. The van der Waals surface area contributed by atoms with E-state index in [-0.39, 0.29) is 11.9 Å². The van der Waals surface area contributed by atoms with Gasteiger partial charge in [-0.25, -0.2) is 0 Å². The highest BCUT2D eigenvalue weighted by molar-refractivity contribution is 5.83. The van der Waals surface area contributed by atoms with Crippen molar-refractivity contribution < 1.29 is 4.79 Å². The summed E-state index contributed by atoms with van der Waals surface area (Å²) < 4.78 is 1.73. The van der Waals surface area contributed by atoms with Gasteiger partial charge in [-0.3, -0.25) is 9.48 Å². The van der Waals surface area contributed by atoms with Crippen LogP contribution in [-0.2, 0) is 18.3 Å². The molecule has 0 aliphatic carbocycles. The molecule has 1 aromatic rings. The summed E-state index contributed by atoms with van der Waals surface area (Å²) in [5.74, 6) is -0.330. The van der Waals surface area contributed by atoms with Crippen LogP contribution < -0.4 is 11.1 Å². The predicted octanol–water partition coefficient (Wildman–Crippen LogP) is 0.658. The van der Waals surface area contributed by atoms with Gasteiger partial charge in [0.05, 0.1) is 11.4 Å². The number of nitrogens with zero attached hydrogens (tertiary/aromatic N) is 2. The number of aryl methyl sites for hydroxylation is 2. The molecular formula is C10H18N4O. The number of hydrogen-bond donors (Lipinski definition) is 2. The molecule has 0 aromatic carbocycles. The van der Waals surface area contributed by atoms with Gasteiger partial charge in [0.15, 0.2) is 0 Å². The molecule has 1 atom stereocenters. The monoisotopic (exact) mass is 210 g/mol. The van der Waals surface area contributed by atoms with E-state index in [0.717, 1.165) is 17.8 Å². The van der Waals surface area contributed by atoms with E-state index in [2.05, 4.69) is 10.4 Å². The Kier molecular flexibility index (Phi) is 3.71. The van der Waals surface area contributed by atoms with Crippen molar-refractivity contribution in [2.75, 3.05) is 5.32 Å². The number of primary amides is 1. The van der Waals surface area contributed by atoms with E-state index in [1.54, 1.807) is 4.68 Å². The molecule has 5 heteroatoms. The third kappa shape index (κ3) is 2.71. The molecular weight excluding hydrogens is 192 g/mol. The lowest BCUT2D eigenvalue weighted by atomic mass is 10.2. The molecule has 5 nitrogen and oxygen atoms in total. The van der Waals surface area contributed by atoms with Crippen LogP contribution in [-0.4, -0.2) is 21.7 Å². The fourth-order valence-corrected chi connectivity index (χ4v) is 1.48. The summed E-state index contributed by atoms with van der Waals surface area (Å²) in [6.45, 7) is 3.95. The van der Waals surface area contributed by atoms with Gasteiger partial charge in [0.1, 0.15) is 6.04 Å². The molecule has 84 valence electrons. The number of carbonyl (C=O) groups is 1. The summed E-state index contributed by atoms with van der Waals surface area (Å²) >= 11 is 0. The molecule has 0 bridgehead atoms. The van der Waals surface area contributed by atoms with Crippen LogP contribution in [0.1, 0.15) is 26.0 Å². The van der Waals surface area contributed by atoms with E-state index in [4.69, 9.17) is 5.73 Å². The van der Waals surface area contributed by atoms with Crippen LogP contribution in [0.5, 0.6) is 0 Å². The molecule has 1 rings (SSSR count). The third-order valence-electron chi connectivity index (χ3n) is 2.32. The van der Waals surface area contributed by atoms with E-state index >= 15 is 0 Å². The van der Waals surface area contributed by atoms with Gasteiger partial charge < -0.3 is 11.1 Å². The summed E-state index contributed by atoms with van der Waals surface area (Å²) in [4.78, 5) is 11.1. The highest BCUT2D eigenvalue weighted by atomic mass is 16.1. The second kappa shape index (κ2) is 4.82. The lowest BCUT2D eigenvalue weighted by molar-refractivity contribution is -0.118. The number of nitrogens with one attached hydrogen (secondary N) is 1. The molecule has 0 saturated heterocycles. The van der Waals surface area contributed by atoms with Crippen LogP contribution >= 0.6 is 0 Å². The Labute approximate surface area is 89.6 Å². The quantitative estimate of drug-likeness (QED) is 0.749. The van der Waals surface area contributed by atoms with Crippen LogP contribution in [0.25, 0.3) is 0 Å². The van der Waals surface area contributed by atoms with Gasteiger partial charge >= 0.3 is 0 Å². The largest absolute Gasteiger partial charge is 0.371 e. The molecule has 1 unspecified atom stereocenters. The summed E-state index contributed by atoms with van der Waals surface area (Å²) in [7, 11) is 1.86. The normalized spacial score (nSPS) is 12.5. The smallest absolute Gasteiger partial charge is 0.239 e. The van der Waals surface area contributed by atoms with Gasteiger partial charge in [0, 0.05) is 13.2 Å². The first-order chi connectivity index (χ1) is 7.08. The molecule has 1 amide bonds. The third-order valence-corrected chi connectivity index (χ3v) is 2.32. The van der Waals surface area contributed by atoms with Crippen LogP contribution in [0.15, 0.2) is 6.20 Å². The van der Waals surface area contributed by atoms with Crippen molar-refractivity contribution in [3.05, 3.63) is 11.9 Å². The average Bonchev–Trinajstić information content (AvgIpc) is 2.54. The molecule has 1 heterocycles. The number of hydrogen-bond acceptors (Lipinski definition) is 3. The van der Waals surface area contributed by atoms with Gasteiger partial charge in [-0.1, -0.05) is 13.8 Å². The van der Waals surface area contributed by atoms with Gasteiger partial charge in [0.25, 0.3) is 0 Å². The number of aromatic nitrogens is 2. The van der Waals surface area contributed by atoms with Crippen molar-refractivity contribution in [2.45, 2.75) is 32.7 Å². The Bertz CT molecular complexity index is 345. The predicted molar refractivity (Wildman–Crippen MR) is 59.5 cm³/mol. The Hall–Kier alpha value is -1.52. The maximum absolute atomic E-state index is 11.1. The van der Waals surface area contributed by atoms with Crippen LogP contribution in [0, 0.1) is 0 Å². The Morgan fingerprint density at radius 1 is 1.67 bits per heavy atom. The van der Waals surface area contributed by atoms with Gasteiger partial charge in [-0.15, -0.1) is 0 Å². The van der Waals surface area contributed by atoms with Crippen molar-refractivity contribution >= 4 is 11.6 Å². The van der Waals surface area contributed by atoms with Crippen molar-refractivity contribution in [3.8, 4) is 0 Å². The second-order valence-electron chi connectivity index (χ2n) is 3.52. The zero-order valence-electron chi connectivity index (χ0n) is 9.45. The van der Waals surface area contributed by atoms with Gasteiger partial charge in [-0.05, 0) is 12.8 Å². The van der Waals surface area contributed by atoms with Crippen molar-refractivity contribution in [3.63, 3.8) is 0 Å². The Balaban J connectivity index is 2.82. The molecule has 0 fully saturated rings. The fourth-order valence-electron chi connectivity index (χ4n) is 1.48. The summed E-state index contributed by atoms with van der Waals surface area (Å²) in [5, 5.41) is 7.39. The van der Waals surface area contributed by atoms with Crippen molar-refractivity contribution in [1.82, 2.24) is 9.78 Å². The Morgan fingerprint density at radius 3 is 2.80 bits per heavy atom. The number of nitrogens with two attached hydrogens (primary N) is 1. The highest BCUT2D eigenvalue weighted by Gasteiger charge is 2.15. The molecule has 0 saturated carbocycles.